The summed E-state index contributed by atoms with van der Waals surface area (Å²) >= 11 is 0. The van der Waals surface area contributed by atoms with E-state index in [9.17, 15) is 13.2 Å². The van der Waals surface area contributed by atoms with Crippen LogP contribution in [-0.2, 0) is 14.8 Å². The van der Waals surface area contributed by atoms with E-state index in [0.717, 1.165) is 12.0 Å². The van der Waals surface area contributed by atoms with Crippen LogP contribution in [0.2, 0.25) is 0 Å². The van der Waals surface area contributed by atoms with Crippen molar-refractivity contribution in [2.24, 2.45) is 0 Å². The van der Waals surface area contributed by atoms with E-state index in [1.54, 1.807) is 36.4 Å². The standard InChI is InChI=1S/C19H22N2O5S/c1-3-13(2)14-8-10-15(11-9-14)27(23,24)21-20-19(22)18-12-25-16-6-4-5-7-17(16)26-18/h4-11,13,18,21H,3,12H2,1-2H3,(H,20,22)/t13-,18+/m0/s1. The number of hydrogen-bond acceptors (Lipinski definition) is 5. The Labute approximate surface area is 158 Å². The number of para-hydroxylation sites is 2. The average molecular weight is 390 g/mol. The van der Waals surface area contributed by atoms with Crippen LogP contribution in [0.5, 0.6) is 11.5 Å². The highest BCUT2D eigenvalue weighted by Gasteiger charge is 2.28. The highest BCUT2D eigenvalue weighted by molar-refractivity contribution is 7.89. The fourth-order valence-corrected chi connectivity index (χ4v) is 3.46. The molecule has 1 aliphatic heterocycles. The van der Waals surface area contributed by atoms with Crippen LogP contribution in [0.25, 0.3) is 0 Å². The first-order valence-electron chi connectivity index (χ1n) is 8.71. The van der Waals surface area contributed by atoms with Gasteiger partial charge in [0.2, 0.25) is 6.10 Å². The molecule has 0 saturated heterocycles. The average Bonchev–Trinajstić information content (AvgIpc) is 2.71. The number of hydrazine groups is 1. The Morgan fingerprint density at radius 2 is 1.81 bits per heavy atom. The molecule has 0 bridgehead atoms. The molecule has 3 rings (SSSR count). The second-order valence-corrected chi connectivity index (χ2v) is 8.02. The lowest BCUT2D eigenvalue weighted by Crippen LogP contribution is -2.50. The van der Waals surface area contributed by atoms with Gasteiger partial charge in [-0.25, -0.2) is 8.42 Å². The third-order valence-electron chi connectivity index (χ3n) is 4.48. The fourth-order valence-electron chi connectivity index (χ4n) is 2.62. The van der Waals surface area contributed by atoms with Crippen LogP contribution in [0, 0.1) is 0 Å². The summed E-state index contributed by atoms with van der Waals surface area (Å²) in [4.78, 5) is 14.4. The largest absolute Gasteiger partial charge is 0.485 e. The van der Waals surface area contributed by atoms with Crippen LogP contribution in [0.4, 0.5) is 0 Å². The van der Waals surface area contributed by atoms with Gasteiger partial charge in [0.15, 0.2) is 11.5 Å². The molecule has 0 spiro atoms. The summed E-state index contributed by atoms with van der Waals surface area (Å²) in [7, 11) is -3.88. The number of nitrogens with one attached hydrogen (secondary N) is 2. The number of fused-ring (bicyclic) bond motifs is 1. The number of ether oxygens (including phenoxy) is 2. The summed E-state index contributed by atoms with van der Waals surface area (Å²) in [5.74, 6) is 0.695. The maximum atomic E-state index is 12.4. The van der Waals surface area contributed by atoms with Gasteiger partial charge in [-0.15, -0.1) is 4.83 Å². The molecule has 7 nitrogen and oxygen atoms in total. The van der Waals surface area contributed by atoms with Gasteiger partial charge in [0.1, 0.15) is 6.61 Å². The Morgan fingerprint density at radius 3 is 2.48 bits per heavy atom. The molecular formula is C19H22N2O5S. The molecule has 2 aromatic carbocycles. The van der Waals surface area contributed by atoms with E-state index in [-0.39, 0.29) is 11.5 Å². The molecule has 0 aliphatic carbocycles. The lowest BCUT2D eigenvalue weighted by atomic mass is 9.99. The van der Waals surface area contributed by atoms with Crippen molar-refractivity contribution in [3.63, 3.8) is 0 Å². The van der Waals surface area contributed by atoms with Gasteiger partial charge in [0.25, 0.3) is 15.9 Å². The smallest absolute Gasteiger partial charge is 0.279 e. The highest BCUT2D eigenvalue weighted by Crippen LogP contribution is 2.30. The molecule has 1 aliphatic rings. The Hall–Kier alpha value is -2.58. The molecule has 0 fully saturated rings. The van der Waals surface area contributed by atoms with Crippen molar-refractivity contribution < 1.29 is 22.7 Å². The predicted octanol–water partition coefficient (Wildman–Crippen LogP) is 2.35. The predicted molar refractivity (Wildman–Crippen MR) is 100.0 cm³/mol. The van der Waals surface area contributed by atoms with Crippen LogP contribution in [0.1, 0.15) is 31.7 Å². The molecule has 0 radical (unpaired) electrons. The van der Waals surface area contributed by atoms with Crippen molar-refractivity contribution in [3.05, 3.63) is 54.1 Å². The first-order chi connectivity index (χ1) is 12.9. The summed E-state index contributed by atoms with van der Waals surface area (Å²) in [5.41, 5.74) is 3.25. The molecule has 2 atom stereocenters. The van der Waals surface area contributed by atoms with E-state index < -0.39 is 22.0 Å². The summed E-state index contributed by atoms with van der Waals surface area (Å²) in [6.07, 6.45) is 0.0165. The Morgan fingerprint density at radius 1 is 1.15 bits per heavy atom. The minimum absolute atomic E-state index is 0.00578. The maximum absolute atomic E-state index is 12.4. The van der Waals surface area contributed by atoms with Crippen LogP contribution < -0.4 is 19.7 Å². The number of amides is 1. The third-order valence-corrected chi connectivity index (χ3v) is 5.74. The Balaban J connectivity index is 1.61. The van der Waals surface area contributed by atoms with Gasteiger partial charge in [0, 0.05) is 0 Å². The van der Waals surface area contributed by atoms with E-state index in [1.165, 1.54) is 12.1 Å². The van der Waals surface area contributed by atoms with E-state index in [1.807, 2.05) is 0 Å². The number of sulfonamides is 1. The Bertz CT molecular complexity index is 912. The summed E-state index contributed by atoms with van der Waals surface area (Å²) in [6, 6.07) is 13.6. The molecular weight excluding hydrogens is 368 g/mol. The zero-order valence-corrected chi connectivity index (χ0v) is 16.0. The number of rotatable bonds is 6. The van der Waals surface area contributed by atoms with Gasteiger partial charge in [-0.3, -0.25) is 10.2 Å². The van der Waals surface area contributed by atoms with Crippen molar-refractivity contribution in [1.29, 1.82) is 0 Å². The van der Waals surface area contributed by atoms with Crippen molar-refractivity contribution in [1.82, 2.24) is 10.3 Å². The van der Waals surface area contributed by atoms with Crippen LogP contribution in [0.3, 0.4) is 0 Å². The van der Waals surface area contributed by atoms with Crippen LogP contribution in [-0.4, -0.2) is 27.0 Å². The molecule has 144 valence electrons. The van der Waals surface area contributed by atoms with Crippen molar-refractivity contribution >= 4 is 15.9 Å². The van der Waals surface area contributed by atoms with E-state index >= 15 is 0 Å². The van der Waals surface area contributed by atoms with Gasteiger partial charge in [0.05, 0.1) is 4.90 Å². The fraction of sp³-hybridized carbons (Fsp3) is 0.316. The van der Waals surface area contributed by atoms with Crippen molar-refractivity contribution in [2.45, 2.75) is 37.2 Å². The quantitative estimate of drug-likeness (QED) is 0.739. The topological polar surface area (TPSA) is 93.7 Å². The lowest BCUT2D eigenvalue weighted by molar-refractivity contribution is -0.130. The number of benzene rings is 2. The molecule has 2 aromatic rings. The molecule has 8 heteroatoms. The normalized spacial score (nSPS) is 17.2. The first-order valence-corrected chi connectivity index (χ1v) is 10.2. The molecule has 2 N–H and O–H groups in total. The molecule has 0 saturated carbocycles. The van der Waals surface area contributed by atoms with Crippen molar-refractivity contribution in [2.75, 3.05) is 6.61 Å². The minimum Gasteiger partial charge on any atom is -0.485 e. The zero-order chi connectivity index (χ0) is 19.4. The second-order valence-electron chi connectivity index (χ2n) is 6.34. The second kappa shape index (κ2) is 7.98. The van der Waals surface area contributed by atoms with Gasteiger partial charge >= 0.3 is 0 Å². The molecule has 27 heavy (non-hydrogen) atoms. The number of carbonyl (C=O) groups is 1. The van der Waals surface area contributed by atoms with Crippen LogP contribution in [0.15, 0.2) is 53.4 Å². The number of hydrogen-bond donors (Lipinski definition) is 2. The SMILES string of the molecule is CC[C@H](C)c1ccc(S(=O)(=O)NNC(=O)[C@H]2COc3ccccc3O2)cc1. The molecule has 0 aromatic heterocycles. The van der Waals surface area contributed by atoms with E-state index in [2.05, 4.69) is 24.1 Å². The summed E-state index contributed by atoms with van der Waals surface area (Å²) in [6.45, 7) is 4.14. The summed E-state index contributed by atoms with van der Waals surface area (Å²) in [5, 5.41) is 0. The van der Waals surface area contributed by atoms with E-state index in [0.29, 0.717) is 17.4 Å². The number of carbonyl (C=O) groups excluding carboxylic acids is 1. The van der Waals surface area contributed by atoms with Gasteiger partial charge < -0.3 is 9.47 Å². The third kappa shape index (κ3) is 4.40. The Kier molecular flexibility index (Phi) is 5.67. The molecule has 1 heterocycles. The van der Waals surface area contributed by atoms with Crippen molar-refractivity contribution in [3.8, 4) is 11.5 Å². The molecule has 1 amide bonds. The minimum atomic E-state index is -3.88. The maximum Gasteiger partial charge on any atom is 0.279 e. The zero-order valence-electron chi connectivity index (χ0n) is 15.1. The van der Waals surface area contributed by atoms with Gasteiger partial charge in [-0.1, -0.05) is 38.1 Å². The van der Waals surface area contributed by atoms with E-state index in [4.69, 9.17) is 9.47 Å². The van der Waals surface area contributed by atoms with Gasteiger partial charge in [-0.2, -0.15) is 0 Å². The van der Waals surface area contributed by atoms with Gasteiger partial charge in [-0.05, 0) is 42.2 Å². The monoisotopic (exact) mass is 390 g/mol. The van der Waals surface area contributed by atoms with Crippen LogP contribution >= 0.6 is 0 Å². The summed E-state index contributed by atoms with van der Waals surface area (Å²) < 4.78 is 35.7. The highest BCUT2D eigenvalue weighted by atomic mass is 32.2. The first kappa shape index (κ1) is 19.2. The molecule has 0 unspecified atom stereocenters. The lowest BCUT2D eigenvalue weighted by Gasteiger charge is -2.25.